The van der Waals surface area contributed by atoms with Gasteiger partial charge in [0.05, 0.1) is 11.8 Å². The van der Waals surface area contributed by atoms with Crippen LogP contribution in [0.1, 0.15) is 26.2 Å². The van der Waals surface area contributed by atoms with E-state index in [0.717, 1.165) is 12.8 Å². The molecule has 0 bridgehead atoms. The Bertz CT molecular complexity index is 382. The highest BCUT2D eigenvalue weighted by atomic mass is 16.4. The lowest BCUT2D eigenvalue weighted by atomic mass is 10.0. The Morgan fingerprint density at radius 2 is 2.00 bits per heavy atom. The Hall–Kier alpha value is -1.59. The number of aliphatic carboxylic acids is 1. The number of hydrogen-bond acceptors (Lipinski definition) is 3. The Labute approximate surface area is 105 Å². The van der Waals surface area contributed by atoms with Crippen molar-refractivity contribution in [1.82, 2.24) is 10.2 Å². The van der Waals surface area contributed by atoms with Crippen LogP contribution >= 0.6 is 0 Å². The van der Waals surface area contributed by atoms with Crippen LogP contribution in [0.2, 0.25) is 0 Å². The van der Waals surface area contributed by atoms with E-state index in [-0.39, 0.29) is 23.8 Å². The van der Waals surface area contributed by atoms with Gasteiger partial charge in [-0.1, -0.05) is 0 Å². The molecule has 2 N–H and O–H groups in total. The third kappa shape index (κ3) is 2.80. The van der Waals surface area contributed by atoms with E-state index in [0.29, 0.717) is 19.5 Å². The third-order valence-corrected chi connectivity index (χ3v) is 3.57. The largest absolute Gasteiger partial charge is 0.481 e. The maximum Gasteiger partial charge on any atom is 0.307 e. The molecule has 0 aromatic carbocycles. The summed E-state index contributed by atoms with van der Waals surface area (Å²) in [4.78, 5) is 35.5. The lowest BCUT2D eigenvalue weighted by Crippen LogP contribution is -2.49. The van der Waals surface area contributed by atoms with Crippen LogP contribution in [0.4, 0.5) is 0 Å². The smallest absolute Gasteiger partial charge is 0.307 e. The van der Waals surface area contributed by atoms with E-state index in [1.54, 1.807) is 4.90 Å². The van der Waals surface area contributed by atoms with E-state index >= 15 is 0 Å². The molecule has 18 heavy (non-hydrogen) atoms. The lowest BCUT2D eigenvalue weighted by Gasteiger charge is -2.33. The third-order valence-electron chi connectivity index (χ3n) is 3.57. The van der Waals surface area contributed by atoms with Crippen LogP contribution in [-0.2, 0) is 14.4 Å². The quantitative estimate of drug-likeness (QED) is 0.732. The molecule has 0 radical (unpaired) electrons. The summed E-state index contributed by atoms with van der Waals surface area (Å²) >= 11 is 0. The topological polar surface area (TPSA) is 86.7 Å². The fourth-order valence-corrected chi connectivity index (χ4v) is 2.56. The molecule has 2 aliphatic rings. The van der Waals surface area contributed by atoms with Crippen molar-refractivity contribution in [1.29, 1.82) is 0 Å². The number of carbonyl (C=O) groups is 3. The van der Waals surface area contributed by atoms with Gasteiger partial charge >= 0.3 is 5.97 Å². The molecule has 6 nitrogen and oxygen atoms in total. The minimum absolute atomic E-state index is 0.00206. The van der Waals surface area contributed by atoms with Crippen molar-refractivity contribution in [3.63, 3.8) is 0 Å². The molecule has 1 aliphatic carbocycles. The molecule has 1 saturated carbocycles. The van der Waals surface area contributed by atoms with Crippen LogP contribution in [0.15, 0.2) is 0 Å². The zero-order valence-electron chi connectivity index (χ0n) is 10.4. The molecule has 1 saturated heterocycles. The van der Waals surface area contributed by atoms with Crippen molar-refractivity contribution in [2.75, 3.05) is 13.1 Å². The fraction of sp³-hybridized carbons (Fsp3) is 0.750. The molecule has 100 valence electrons. The second-order valence-electron chi connectivity index (χ2n) is 5.11. The normalized spacial score (nSPS) is 30.7. The predicted octanol–water partition coefficient (Wildman–Crippen LogP) is -0.166. The Kier molecular flexibility index (Phi) is 3.54. The minimum Gasteiger partial charge on any atom is -0.481 e. The summed E-state index contributed by atoms with van der Waals surface area (Å²) in [5.41, 5.74) is 0. The van der Waals surface area contributed by atoms with Gasteiger partial charge in [0.1, 0.15) is 0 Å². The second-order valence-corrected chi connectivity index (χ2v) is 5.11. The van der Waals surface area contributed by atoms with Gasteiger partial charge in [-0.05, 0) is 19.3 Å². The van der Waals surface area contributed by atoms with E-state index in [4.69, 9.17) is 5.11 Å². The van der Waals surface area contributed by atoms with Crippen molar-refractivity contribution >= 4 is 17.8 Å². The highest BCUT2D eigenvalue weighted by molar-refractivity contribution is 5.89. The van der Waals surface area contributed by atoms with Gasteiger partial charge in [0.2, 0.25) is 11.8 Å². The van der Waals surface area contributed by atoms with Crippen LogP contribution < -0.4 is 5.32 Å². The van der Waals surface area contributed by atoms with E-state index < -0.39 is 11.9 Å². The summed E-state index contributed by atoms with van der Waals surface area (Å²) in [6, 6.07) is 0.00206. The van der Waals surface area contributed by atoms with Crippen LogP contribution in [0.25, 0.3) is 0 Å². The van der Waals surface area contributed by atoms with Crippen molar-refractivity contribution in [2.45, 2.75) is 32.2 Å². The number of carbonyl (C=O) groups excluding carboxylic acids is 2. The number of hydrogen-bond donors (Lipinski definition) is 2. The van der Waals surface area contributed by atoms with Crippen LogP contribution in [0.5, 0.6) is 0 Å². The minimum atomic E-state index is -0.885. The van der Waals surface area contributed by atoms with Crippen molar-refractivity contribution in [3.05, 3.63) is 0 Å². The first-order valence-electron chi connectivity index (χ1n) is 6.27. The average molecular weight is 254 g/mol. The van der Waals surface area contributed by atoms with E-state index in [1.807, 2.05) is 0 Å². The zero-order valence-corrected chi connectivity index (χ0v) is 10.4. The molecule has 0 aromatic rings. The number of nitrogens with zero attached hydrogens (tertiary/aromatic N) is 1. The molecule has 0 spiro atoms. The van der Waals surface area contributed by atoms with Gasteiger partial charge in [0, 0.05) is 26.1 Å². The van der Waals surface area contributed by atoms with Gasteiger partial charge in [0.15, 0.2) is 0 Å². The number of piperidine rings is 1. The molecular weight excluding hydrogens is 236 g/mol. The van der Waals surface area contributed by atoms with Gasteiger partial charge in [-0.25, -0.2) is 0 Å². The molecule has 3 atom stereocenters. The van der Waals surface area contributed by atoms with E-state index in [9.17, 15) is 14.4 Å². The first-order chi connectivity index (χ1) is 8.49. The van der Waals surface area contributed by atoms with Crippen molar-refractivity contribution in [3.8, 4) is 0 Å². The standard InChI is InChI=1S/C12H18N2O4/c1-7(15)13-8-3-2-4-14(6-8)11(16)9-5-10(9)12(17)18/h8-10H,2-6H2,1H3,(H,13,15)(H,17,18)/t8-,9+,10+/m1/s1. The summed E-state index contributed by atoms with van der Waals surface area (Å²) in [5.74, 6) is -1.90. The SMILES string of the molecule is CC(=O)N[C@@H]1CCCN(C(=O)[C@H]2C[C@@H]2C(=O)O)C1. The number of rotatable bonds is 3. The number of amides is 2. The lowest BCUT2D eigenvalue weighted by molar-refractivity contribution is -0.142. The van der Waals surface area contributed by atoms with Crippen LogP contribution in [0, 0.1) is 11.8 Å². The molecule has 2 fully saturated rings. The van der Waals surface area contributed by atoms with Gasteiger partial charge in [-0.15, -0.1) is 0 Å². The van der Waals surface area contributed by atoms with Gasteiger partial charge < -0.3 is 15.3 Å². The van der Waals surface area contributed by atoms with E-state index in [2.05, 4.69) is 5.32 Å². The number of nitrogens with one attached hydrogen (secondary N) is 1. The van der Waals surface area contributed by atoms with Gasteiger partial charge in [-0.2, -0.15) is 0 Å². The Morgan fingerprint density at radius 1 is 1.28 bits per heavy atom. The maximum absolute atomic E-state index is 12.1. The number of carboxylic acids is 1. The molecule has 0 unspecified atom stereocenters. The maximum atomic E-state index is 12.1. The van der Waals surface area contributed by atoms with E-state index in [1.165, 1.54) is 6.92 Å². The second kappa shape index (κ2) is 4.96. The molecule has 1 aliphatic heterocycles. The summed E-state index contributed by atoms with van der Waals surface area (Å²) in [5, 5.41) is 11.6. The first kappa shape index (κ1) is 12.9. The molecular formula is C12H18N2O4. The Balaban J connectivity index is 1.87. The van der Waals surface area contributed by atoms with Crippen LogP contribution in [-0.4, -0.2) is 46.9 Å². The molecule has 2 amide bonds. The molecule has 6 heteroatoms. The molecule has 1 heterocycles. The highest BCUT2D eigenvalue weighted by Gasteiger charge is 2.50. The summed E-state index contributed by atoms with van der Waals surface area (Å²) < 4.78 is 0. The summed E-state index contributed by atoms with van der Waals surface area (Å²) in [6.07, 6.45) is 2.17. The molecule has 2 rings (SSSR count). The average Bonchev–Trinajstić information content (AvgIpc) is 3.07. The van der Waals surface area contributed by atoms with Crippen LogP contribution in [0.3, 0.4) is 0 Å². The van der Waals surface area contributed by atoms with Gasteiger partial charge in [-0.3, -0.25) is 14.4 Å². The fourth-order valence-electron chi connectivity index (χ4n) is 2.56. The Morgan fingerprint density at radius 3 is 2.56 bits per heavy atom. The summed E-state index contributed by atoms with van der Waals surface area (Å²) in [7, 11) is 0. The zero-order chi connectivity index (χ0) is 13.3. The highest BCUT2D eigenvalue weighted by Crippen LogP contribution is 2.40. The van der Waals surface area contributed by atoms with Gasteiger partial charge in [0.25, 0.3) is 0 Å². The first-order valence-corrected chi connectivity index (χ1v) is 6.27. The number of likely N-dealkylation sites (tertiary alicyclic amines) is 1. The van der Waals surface area contributed by atoms with Crippen molar-refractivity contribution in [2.24, 2.45) is 11.8 Å². The number of carboxylic acid groups (broad SMARTS) is 1. The predicted molar refractivity (Wildman–Crippen MR) is 62.7 cm³/mol. The monoisotopic (exact) mass is 254 g/mol. The van der Waals surface area contributed by atoms with Crippen molar-refractivity contribution < 1.29 is 19.5 Å². The summed E-state index contributed by atoms with van der Waals surface area (Å²) in [6.45, 7) is 2.63. The molecule has 0 aromatic heterocycles.